The molecule has 3 rings (SSSR count). The van der Waals surface area contributed by atoms with Crippen molar-refractivity contribution in [2.45, 2.75) is 6.54 Å². The normalized spacial score (nSPS) is 10.3. The van der Waals surface area contributed by atoms with Crippen molar-refractivity contribution in [3.05, 3.63) is 94.2 Å². The number of rotatable bonds is 5. The zero-order valence-electron chi connectivity index (χ0n) is 14.7. The van der Waals surface area contributed by atoms with E-state index in [1.807, 2.05) is 24.3 Å². The van der Waals surface area contributed by atoms with Crippen LogP contribution in [0, 0.1) is 0 Å². The van der Waals surface area contributed by atoms with Gasteiger partial charge >= 0.3 is 0 Å². The maximum atomic E-state index is 12.7. The number of aromatic nitrogens is 1. The van der Waals surface area contributed by atoms with Gasteiger partial charge in [0.2, 0.25) is 0 Å². The van der Waals surface area contributed by atoms with Gasteiger partial charge < -0.3 is 10.2 Å². The van der Waals surface area contributed by atoms with Gasteiger partial charge in [-0.05, 0) is 48.0 Å². The van der Waals surface area contributed by atoms with Crippen LogP contribution in [0.2, 0.25) is 0 Å². The first-order valence-electron chi connectivity index (χ1n) is 8.34. The summed E-state index contributed by atoms with van der Waals surface area (Å²) in [5, 5.41) is 2.79. The van der Waals surface area contributed by atoms with Crippen molar-refractivity contribution in [1.82, 2.24) is 9.88 Å². The van der Waals surface area contributed by atoms with E-state index in [1.54, 1.807) is 54.5 Å². The van der Waals surface area contributed by atoms with E-state index in [0.717, 1.165) is 10.0 Å². The summed E-state index contributed by atoms with van der Waals surface area (Å²) in [6.45, 7) is 0.498. The number of anilines is 1. The van der Waals surface area contributed by atoms with Gasteiger partial charge in [-0.1, -0.05) is 34.1 Å². The zero-order chi connectivity index (χ0) is 19.2. The third-order valence-corrected chi connectivity index (χ3v) is 4.50. The average molecular weight is 424 g/mol. The van der Waals surface area contributed by atoms with E-state index in [1.165, 1.54) is 6.20 Å². The Morgan fingerprint density at radius 2 is 1.78 bits per heavy atom. The molecule has 1 N–H and O–H groups in total. The summed E-state index contributed by atoms with van der Waals surface area (Å²) in [6, 6.07) is 18.1. The number of halogens is 1. The van der Waals surface area contributed by atoms with Crippen LogP contribution in [0.1, 0.15) is 26.3 Å². The Bertz CT molecular complexity index is 943. The van der Waals surface area contributed by atoms with Crippen LogP contribution in [-0.2, 0) is 6.54 Å². The first kappa shape index (κ1) is 18.8. The van der Waals surface area contributed by atoms with Gasteiger partial charge in [0.15, 0.2) is 0 Å². The number of hydrogen-bond donors (Lipinski definition) is 1. The summed E-state index contributed by atoms with van der Waals surface area (Å²) in [7, 11) is 1.76. The van der Waals surface area contributed by atoms with Gasteiger partial charge in [-0.25, -0.2) is 0 Å². The lowest BCUT2D eigenvalue weighted by Crippen LogP contribution is -2.26. The molecule has 1 aromatic heterocycles. The molecule has 5 nitrogen and oxygen atoms in total. The van der Waals surface area contributed by atoms with Gasteiger partial charge in [0.05, 0.1) is 5.56 Å². The number of nitrogens with one attached hydrogen (secondary N) is 1. The second kappa shape index (κ2) is 8.60. The first-order valence-corrected chi connectivity index (χ1v) is 9.13. The van der Waals surface area contributed by atoms with Gasteiger partial charge in [-0.3, -0.25) is 14.6 Å². The number of pyridine rings is 1. The second-order valence-corrected chi connectivity index (χ2v) is 6.98. The fourth-order valence-corrected chi connectivity index (χ4v) is 2.85. The quantitative estimate of drug-likeness (QED) is 0.662. The molecule has 2 aromatic carbocycles. The maximum Gasteiger partial charge on any atom is 0.257 e. The van der Waals surface area contributed by atoms with E-state index >= 15 is 0 Å². The highest BCUT2D eigenvalue weighted by Crippen LogP contribution is 2.16. The summed E-state index contributed by atoms with van der Waals surface area (Å²) in [5.41, 5.74) is 2.57. The zero-order valence-corrected chi connectivity index (χ0v) is 16.3. The molecule has 0 aliphatic heterocycles. The van der Waals surface area contributed by atoms with Crippen LogP contribution in [0.15, 0.2) is 77.5 Å². The summed E-state index contributed by atoms with van der Waals surface area (Å²) in [5.74, 6) is -0.383. The predicted molar refractivity (Wildman–Crippen MR) is 109 cm³/mol. The molecule has 0 saturated carbocycles. The van der Waals surface area contributed by atoms with Crippen LogP contribution >= 0.6 is 15.9 Å². The van der Waals surface area contributed by atoms with Crippen molar-refractivity contribution in [2.75, 3.05) is 12.4 Å². The molecular formula is C21H18BrN3O2. The molecule has 0 bridgehead atoms. The van der Waals surface area contributed by atoms with Crippen molar-refractivity contribution in [2.24, 2.45) is 0 Å². The number of carbonyl (C=O) groups is 2. The first-order chi connectivity index (χ1) is 13.0. The molecule has 0 radical (unpaired) electrons. The van der Waals surface area contributed by atoms with Crippen molar-refractivity contribution in [3.63, 3.8) is 0 Å². The van der Waals surface area contributed by atoms with Crippen molar-refractivity contribution in [3.8, 4) is 0 Å². The Hall–Kier alpha value is -2.99. The number of amides is 2. The van der Waals surface area contributed by atoms with Gasteiger partial charge in [0, 0.05) is 41.7 Å². The highest BCUT2D eigenvalue weighted by molar-refractivity contribution is 9.10. The van der Waals surface area contributed by atoms with Crippen LogP contribution in [-0.4, -0.2) is 28.7 Å². The van der Waals surface area contributed by atoms with E-state index in [2.05, 4.69) is 26.2 Å². The van der Waals surface area contributed by atoms with Crippen molar-refractivity contribution >= 4 is 33.4 Å². The number of nitrogens with zero attached hydrogens (tertiary/aromatic N) is 2. The molecular weight excluding hydrogens is 406 g/mol. The fourth-order valence-electron chi connectivity index (χ4n) is 2.59. The minimum absolute atomic E-state index is 0.115. The molecule has 6 heteroatoms. The van der Waals surface area contributed by atoms with E-state index in [9.17, 15) is 9.59 Å². The Balaban J connectivity index is 1.69. The monoisotopic (exact) mass is 423 g/mol. The minimum atomic E-state index is -0.268. The second-order valence-electron chi connectivity index (χ2n) is 6.06. The van der Waals surface area contributed by atoms with Gasteiger partial charge in [-0.15, -0.1) is 0 Å². The maximum absolute atomic E-state index is 12.7. The van der Waals surface area contributed by atoms with E-state index in [0.29, 0.717) is 23.4 Å². The Kier molecular flexibility index (Phi) is 5.98. The summed E-state index contributed by atoms with van der Waals surface area (Å²) < 4.78 is 0.997. The molecule has 0 atom stereocenters. The van der Waals surface area contributed by atoms with Gasteiger partial charge in [0.25, 0.3) is 11.8 Å². The number of hydrogen-bond acceptors (Lipinski definition) is 3. The van der Waals surface area contributed by atoms with Crippen molar-refractivity contribution < 1.29 is 9.59 Å². The molecule has 0 spiro atoms. The summed E-state index contributed by atoms with van der Waals surface area (Å²) in [6.07, 6.45) is 3.10. The topological polar surface area (TPSA) is 62.3 Å². The largest absolute Gasteiger partial charge is 0.337 e. The Morgan fingerprint density at radius 1 is 1.04 bits per heavy atom. The smallest absolute Gasteiger partial charge is 0.257 e. The molecule has 2 amide bonds. The van der Waals surface area contributed by atoms with Crippen LogP contribution < -0.4 is 5.32 Å². The predicted octanol–water partition coefficient (Wildman–Crippen LogP) is 4.37. The SMILES string of the molecule is CN(Cc1ccc(Br)cc1)C(=O)c1cccc(NC(=O)c2cccnc2)c1. The van der Waals surface area contributed by atoms with Crippen LogP contribution in [0.5, 0.6) is 0 Å². The molecule has 27 heavy (non-hydrogen) atoms. The van der Waals surface area contributed by atoms with Crippen LogP contribution in [0.3, 0.4) is 0 Å². The van der Waals surface area contributed by atoms with Gasteiger partial charge in [-0.2, -0.15) is 0 Å². The van der Waals surface area contributed by atoms with E-state index < -0.39 is 0 Å². The molecule has 0 aliphatic carbocycles. The molecule has 0 fully saturated rings. The third kappa shape index (κ3) is 5.01. The lowest BCUT2D eigenvalue weighted by atomic mass is 10.1. The molecule has 3 aromatic rings. The Morgan fingerprint density at radius 3 is 2.48 bits per heavy atom. The Labute approximate surface area is 166 Å². The molecule has 0 unspecified atom stereocenters. The summed E-state index contributed by atoms with van der Waals surface area (Å²) >= 11 is 3.40. The van der Waals surface area contributed by atoms with Gasteiger partial charge in [0.1, 0.15) is 0 Å². The lowest BCUT2D eigenvalue weighted by molar-refractivity contribution is 0.0784. The van der Waals surface area contributed by atoms with E-state index in [4.69, 9.17) is 0 Å². The average Bonchev–Trinajstić information content (AvgIpc) is 2.70. The molecule has 0 saturated heterocycles. The molecule has 1 heterocycles. The number of carbonyl (C=O) groups excluding carboxylic acids is 2. The highest BCUT2D eigenvalue weighted by Gasteiger charge is 2.13. The standard InChI is InChI=1S/C21H18BrN3O2/c1-25(14-15-7-9-18(22)10-8-15)21(27)16-4-2-6-19(12-16)24-20(26)17-5-3-11-23-13-17/h2-13H,14H2,1H3,(H,24,26). The lowest BCUT2D eigenvalue weighted by Gasteiger charge is -2.18. The molecule has 136 valence electrons. The molecule has 0 aliphatic rings. The third-order valence-electron chi connectivity index (χ3n) is 3.97. The van der Waals surface area contributed by atoms with E-state index in [-0.39, 0.29) is 11.8 Å². The van der Waals surface area contributed by atoms with Crippen LogP contribution in [0.4, 0.5) is 5.69 Å². The highest BCUT2D eigenvalue weighted by atomic mass is 79.9. The van der Waals surface area contributed by atoms with Crippen LogP contribution in [0.25, 0.3) is 0 Å². The summed E-state index contributed by atoms with van der Waals surface area (Å²) in [4.78, 5) is 30.5. The number of benzene rings is 2. The fraction of sp³-hybridized carbons (Fsp3) is 0.0952. The van der Waals surface area contributed by atoms with Crippen molar-refractivity contribution in [1.29, 1.82) is 0 Å². The minimum Gasteiger partial charge on any atom is -0.337 e.